The number of halogens is 3. The molecule has 1 N–H and O–H groups in total. The fraction of sp³-hybridized carbons (Fsp3) is 0.286. The van der Waals surface area contributed by atoms with E-state index in [-0.39, 0.29) is 23.4 Å². The topological polar surface area (TPSA) is 51.2 Å². The van der Waals surface area contributed by atoms with Crippen LogP contribution < -0.4 is 5.32 Å². The standard InChI is InChI=1S/C14H13F3N2O2/c1-3-18-12-7(14(20)21-4-2)6-19-13-9(16)5-8(15)11(17)10(12)13/h5-6H,3-4H2,1-2H3,(H,18,19). The van der Waals surface area contributed by atoms with Gasteiger partial charge in [0.15, 0.2) is 17.5 Å². The Bertz CT molecular complexity index is 704. The molecule has 0 bridgehead atoms. The first-order valence-electron chi connectivity index (χ1n) is 6.38. The number of carbonyl (C=O) groups excluding carboxylic acids is 1. The average molecular weight is 298 g/mol. The van der Waals surface area contributed by atoms with Crippen molar-refractivity contribution < 1.29 is 22.7 Å². The Hall–Kier alpha value is -2.31. The van der Waals surface area contributed by atoms with E-state index < -0.39 is 28.8 Å². The SMILES string of the molecule is CCNc1c(C(=O)OCC)cnc2c(F)cc(F)c(F)c12. The van der Waals surface area contributed by atoms with Crippen molar-refractivity contribution in [3.8, 4) is 0 Å². The first-order chi connectivity index (χ1) is 10.0. The van der Waals surface area contributed by atoms with Crippen molar-refractivity contribution in [1.29, 1.82) is 0 Å². The first kappa shape index (κ1) is 15.1. The molecule has 0 fully saturated rings. The summed E-state index contributed by atoms with van der Waals surface area (Å²) in [7, 11) is 0. The summed E-state index contributed by atoms with van der Waals surface area (Å²) in [5.41, 5.74) is -0.454. The Morgan fingerprint density at radius 3 is 2.62 bits per heavy atom. The zero-order valence-electron chi connectivity index (χ0n) is 11.5. The van der Waals surface area contributed by atoms with Crippen molar-refractivity contribution in [2.75, 3.05) is 18.5 Å². The van der Waals surface area contributed by atoms with Crippen LogP contribution in [-0.4, -0.2) is 24.1 Å². The maximum atomic E-state index is 14.0. The minimum Gasteiger partial charge on any atom is -0.462 e. The van der Waals surface area contributed by atoms with E-state index in [9.17, 15) is 18.0 Å². The highest BCUT2D eigenvalue weighted by molar-refractivity contribution is 6.05. The van der Waals surface area contributed by atoms with Gasteiger partial charge in [-0.3, -0.25) is 4.98 Å². The van der Waals surface area contributed by atoms with Gasteiger partial charge in [-0.05, 0) is 13.8 Å². The summed E-state index contributed by atoms with van der Waals surface area (Å²) in [6, 6.07) is 0.421. The molecular weight excluding hydrogens is 285 g/mol. The number of nitrogens with one attached hydrogen (secondary N) is 1. The van der Waals surface area contributed by atoms with Gasteiger partial charge in [0.1, 0.15) is 11.1 Å². The van der Waals surface area contributed by atoms with Crippen molar-refractivity contribution in [2.24, 2.45) is 0 Å². The van der Waals surface area contributed by atoms with Gasteiger partial charge in [-0.25, -0.2) is 18.0 Å². The van der Waals surface area contributed by atoms with Crippen LogP contribution in [0.25, 0.3) is 10.9 Å². The van der Waals surface area contributed by atoms with E-state index >= 15 is 0 Å². The molecule has 7 heteroatoms. The van der Waals surface area contributed by atoms with Gasteiger partial charge in [-0.15, -0.1) is 0 Å². The molecule has 112 valence electrons. The Morgan fingerprint density at radius 1 is 1.29 bits per heavy atom. The number of benzene rings is 1. The molecule has 4 nitrogen and oxygen atoms in total. The molecule has 0 aliphatic carbocycles. The normalized spacial score (nSPS) is 10.7. The van der Waals surface area contributed by atoms with E-state index in [1.165, 1.54) is 0 Å². The molecule has 0 unspecified atom stereocenters. The molecule has 1 aromatic carbocycles. The quantitative estimate of drug-likeness (QED) is 0.695. The van der Waals surface area contributed by atoms with Crippen LogP contribution >= 0.6 is 0 Å². The molecule has 2 aromatic rings. The monoisotopic (exact) mass is 298 g/mol. The number of rotatable bonds is 4. The maximum absolute atomic E-state index is 14.0. The lowest BCUT2D eigenvalue weighted by Gasteiger charge is -2.14. The molecule has 0 saturated heterocycles. The van der Waals surface area contributed by atoms with Crippen molar-refractivity contribution in [3.63, 3.8) is 0 Å². The van der Waals surface area contributed by atoms with E-state index in [1.54, 1.807) is 13.8 Å². The molecule has 0 spiro atoms. The summed E-state index contributed by atoms with van der Waals surface area (Å²) >= 11 is 0. The summed E-state index contributed by atoms with van der Waals surface area (Å²) in [6.45, 7) is 3.75. The van der Waals surface area contributed by atoms with E-state index in [0.29, 0.717) is 12.6 Å². The molecule has 0 radical (unpaired) electrons. The molecule has 1 aromatic heterocycles. The number of ether oxygens (including phenoxy) is 1. The number of pyridine rings is 1. The molecule has 0 aliphatic rings. The van der Waals surface area contributed by atoms with Crippen molar-refractivity contribution in [2.45, 2.75) is 13.8 Å². The molecule has 21 heavy (non-hydrogen) atoms. The third kappa shape index (κ3) is 2.63. The van der Waals surface area contributed by atoms with Gasteiger partial charge >= 0.3 is 5.97 Å². The summed E-state index contributed by atoms with van der Waals surface area (Å²) < 4.78 is 46.0. The second-order valence-electron chi connectivity index (χ2n) is 4.18. The highest BCUT2D eigenvalue weighted by Crippen LogP contribution is 2.31. The van der Waals surface area contributed by atoms with E-state index in [0.717, 1.165) is 6.20 Å². The van der Waals surface area contributed by atoms with Crippen molar-refractivity contribution in [1.82, 2.24) is 4.98 Å². The minimum absolute atomic E-state index is 0.0307. The molecular formula is C14H13F3N2O2. The predicted molar refractivity (Wildman–Crippen MR) is 71.7 cm³/mol. The number of anilines is 1. The fourth-order valence-electron chi connectivity index (χ4n) is 1.99. The molecule has 0 atom stereocenters. The minimum atomic E-state index is -1.35. The lowest BCUT2D eigenvalue weighted by Crippen LogP contribution is -2.12. The Morgan fingerprint density at radius 2 is 2.00 bits per heavy atom. The summed E-state index contributed by atoms with van der Waals surface area (Å²) in [4.78, 5) is 15.6. The van der Waals surface area contributed by atoms with Crippen molar-refractivity contribution in [3.05, 3.63) is 35.3 Å². The predicted octanol–water partition coefficient (Wildman–Crippen LogP) is 3.26. The number of nitrogens with zero attached hydrogens (tertiary/aromatic N) is 1. The molecule has 2 rings (SSSR count). The van der Waals surface area contributed by atoms with Crippen LogP contribution in [-0.2, 0) is 4.74 Å². The number of esters is 1. The van der Waals surface area contributed by atoms with Crippen molar-refractivity contribution >= 4 is 22.6 Å². The Balaban J connectivity index is 2.81. The van der Waals surface area contributed by atoms with E-state index in [2.05, 4.69) is 10.3 Å². The van der Waals surface area contributed by atoms with Crippen LogP contribution in [0.15, 0.2) is 12.3 Å². The Labute approximate surface area is 118 Å². The molecule has 0 saturated carbocycles. The number of hydrogen-bond donors (Lipinski definition) is 1. The van der Waals surface area contributed by atoms with Gasteiger partial charge in [0.25, 0.3) is 0 Å². The van der Waals surface area contributed by atoms with Gasteiger partial charge in [0.2, 0.25) is 0 Å². The van der Waals surface area contributed by atoms with Gasteiger partial charge < -0.3 is 10.1 Å². The zero-order chi connectivity index (χ0) is 15.6. The summed E-state index contributed by atoms with van der Waals surface area (Å²) in [6.07, 6.45) is 1.08. The third-order valence-corrected chi connectivity index (χ3v) is 2.84. The number of fused-ring (bicyclic) bond motifs is 1. The number of hydrogen-bond acceptors (Lipinski definition) is 4. The molecule has 0 aliphatic heterocycles. The molecule has 0 amide bonds. The lowest BCUT2D eigenvalue weighted by atomic mass is 10.1. The summed E-state index contributed by atoms with van der Waals surface area (Å²) in [5.74, 6) is -4.35. The van der Waals surface area contributed by atoms with Crippen LogP contribution in [0.1, 0.15) is 24.2 Å². The zero-order valence-corrected chi connectivity index (χ0v) is 11.5. The Kier molecular flexibility index (Phi) is 4.30. The van der Waals surface area contributed by atoms with E-state index in [4.69, 9.17) is 4.74 Å². The highest BCUT2D eigenvalue weighted by atomic mass is 19.2. The van der Waals surface area contributed by atoms with E-state index in [1.807, 2.05) is 0 Å². The average Bonchev–Trinajstić information content (AvgIpc) is 2.45. The maximum Gasteiger partial charge on any atom is 0.341 e. The third-order valence-electron chi connectivity index (χ3n) is 2.84. The molecule has 1 heterocycles. The van der Waals surface area contributed by atoms with Crippen LogP contribution in [0.4, 0.5) is 18.9 Å². The summed E-state index contributed by atoms with van der Waals surface area (Å²) in [5, 5.41) is 2.34. The number of carbonyl (C=O) groups is 1. The largest absolute Gasteiger partial charge is 0.462 e. The van der Waals surface area contributed by atoms with Gasteiger partial charge in [0.05, 0.1) is 17.7 Å². The lowest BCUT2D eigenvalue weighted by molar-refractivity contribution is 0.0527. The second kappa shape index (κ2) is 5.99. The van der Waals surface area contributed by atoms with Crippen LogP contribution in [0, 0.1) is 17.5 Å². The van der Waals surface area contributed by atoms with Crippen LogP contribution in [0.3, 0.4) is 0 Å². The first-order valence-corrected chi connectivity index (χ1v) is 6.38. The van der Waals surface area contributed by atoms with Gasteiger partial charge in [0, 0.05) is 18.8 Å². The smallest absolute Gasteiger partial charge is 0.341 e. The second-order valence-corrected chi connectivity index (χ2v) is 4.18. The number of aromatic nitrogens is 1. The van der Waals surface area contributed by atoms with Crippen LogP contribution in [0.5, 0.6) is 0 Å². The van der Waals surface area contributed by atoms with Gasteiger partial charge in [-0.2, -0.15) is 0 Å². The van der Waals surface area contributed by atoms with Gasteiger partial charge in [-0.1, -0.05) is 0 Å². The fourth-order valence-corrected chi connectivity index (χ4v) is 1.99. The highest BCUT2D eigenvalue weighted by Gasteiger charge is 2.22. The van der Waals surface area contributed by atoms with Crippen LogP contribution in [0.2, 0.25) is 0 Å².